The smallest absolute Gasteiger partial charge is 0.331 e. The Bertz CT molecular complexity index is 1070. The topological polar surface area (TPSA) is 120 Å². The molecule has 29 heavy (non-hydrogen) atoms. The lowest BCUT2D eigenvalue weighted by Gasteiger charge is -2.23. The molecule has 8 heteroatoms. The molecule has 1 aromatic heterocycles. The van der Waals surface area contributed by atoms with Crippen molar-refractivity contribution < 1.29 is 24.6 Å². The van der Waals surface area contributed by atoms with Crippen molar-refractivity contribution in [3.8, 4) is 0 Å². The Kier molecular flexibility index (Phi) is 5.54. The second-order valence-electron chi connectivity index (χ2n) is 6.82. The van der Waals surface area contributed by atoms with Crippen molar-refractivity contribution in [3.63, 3.8) is 0 Å². The molecule has 2 heterocycles. The Morgan fingerprint density at radius 2 is 1.93 bits per heavy atom. The quantitative estimate of drug-likeness (QED) is 0.827. The highest BCUT2D eigenvalue weighted by Gasteiger charge is 2.34. The lowest BCUT2D eigenvalue weighted by Crippen LogP contribution is -2.28. The summed E-state index contributed by atoms with van der Waals surface area (Å²) in [4.78, 5) is 37.2. The molecule has 4 rings (SSSR count). The second-order valence-corrected chi connectivity index (χ2v) is 6.82. The van der Waals surface area contributed by atoms with Gasteiger partial charge >= 0.3 is 11.9 Å². The van der Waals surface area contributed by atoms with Gasteiger partial charge in [0.05, 0.1) is 23.0 Å². The van der Waals surface area contributed by atoms with Crippen LogP contribution in [-0.4, -0.2) is 39.3 Å². The molecule has 1 atom stereocenters. The molecule has 0 bridgehead atoms. The normalized spacial score (nSPS) is 20.2. The first-order valence-electron chi connectivity index (χ1n) is 8.86. The van der Waals surface area contributed by atoms with E-state index in [0.717, 1.165) is 16.6 Å². The number of fused-ring (bicyclic) bond motifs is 1. The van der Waals surface area contributed by atoms with Crippen molar-refractivity contribution in [2.24, 2.45) is 10.5 Å². The third-order valence-corrected chi connectivity index (χ3v) is 4.62. The van der Waals surface area contributed by atoms with Crippen molar-refractivity contribution in [2.75, 3.05) is 5.01 Å². The van der Waals surface area contributed by atoms with Crippen molar-refractivity contribution in [3.05, 3.63) is 60.3 Å². The highest BCUT2D eigenvalue weighted by molar-refractivity contribution is 6.09. The molecule has 0 saturated carbocycles. The van der Waals surface area contributed by atoms with Gasteiger partial charge in [-0.2, -0.15) is 10.1 Å². The van der Waals surface area contributed by atoms with Gasteiger partial charge in [0.1, 0.15) is 0 Å². The van der Waals surface area contributed by atoms with E-state index in [1.807, 2.05) is 30.3 Å². The first-order valence-corrected chi connectivity index (χ1v) is 8.86. The van der Waals surface area contributed by atoms with Crippen molar-refractivity contribution in [1.82, 2.24) is 4.98 Å². The van der Waals surface area contributed by atoms with Gasteiger partial charge in [0.25, 0.3) is 5.91 Å². The van der Waals surface area contributed by atoms with Crippen LogP contribution in [0.5, 0.6) is 0 Å². The molecule has 8 nitrogen and oxygen atoms in total. The van der Waals surface area contributed by atoms with Gasteiger partial charge in [-0.15, -0.1) is 0 Å². The zero-order chi connectivity index (χ0) is 21.0. The number of aliphatic carboxylic acids is 2. The number of allylic oxidation sites excluding steroid dienone is 2. The van der Waals surface area contributed by atoms with Gasteiger partial charge in [-0.3, -0.25) is 14.6 Å². The van der Waals surface area contributed by atoms with Crippen LogP contribution in [0.4, 0.5) is 5.69 Å². The number of benzene rings is 1. The van der Waals surface area contributed by atoms with Crippen LogP contribution in [-0.2, 0) is 14.4 Å². The number of hydrogen-bond donors (Lipinski definition) is 2. The first-order chi connectivity index (χ1) is 13.8. The Morgan fingerprint density at radius 1 is 1.17 bits per heavy atom. The summed E-state index contributed by atoms with van der Waals surface area (Å²) in [6.45, 7) is 1.50. The summed E-state index contributed by atoms with van der Waals surface area (Å²) >= 11 is 0. The number of pyridine rings is 1. The predicted octanol–water partition coefficient (Wildman–Crippen LogP) is 3.01. The number of anilines is 1. The number of hydrazone groups is 1. The van der Waals surface area contributed by atoms with Gasteiger partial charge in [0, 0.05) is 23.4 Å². The minimum atomic E-state index is -1.08. The molecule has 0 fully saturated rings. The Balaban J connectivity index is 0.000000170. The van der Waals surface area contributed by atoms with Crippen LogP contribution in [0.15, 0.2) is 65.4 Å². The Morgan fingerprint density at radius 3 is 2.59 bits per heavy atom. The molecule has 0 radical (unpaired) electrons. The van der Waals surface area contributed by atoms with E-state index >= 15 is 0 Å². The van der Waals surface area contributed by atoms with Gasteiger partial charge in [-0.05, 0) is 25.5 Å². The SMILES string of the molecule is CC1(C(=O)O)C=CC=C(C(=O)O)C1.O=C1CC=NN1c1cccc2cccnc12. The second kappa shape index (κ2) is 8.05. The average Bonchev–Trinajstić information content (AvgIpc) is 3.13. The summed E-state index contributed by atoms with van der Waals surface area (Å²) in [5, 5.41) is 24.0. The minimum absolute atomic E-state index is 0.0156. The third kappa shape index (κ3) is 4.21. The molecule has 1 unspecified atom stereocenters. The van der Waals surface area contributed by atoms with Crippen molar-refractivity contribution in [1.29, 1.82) is 0 Å². The lowest BCUT2D eigenvalue weighted by molar-refractivity contribution is -0.145. The molecular weight excluding hydrogens is 374 g/mol. The highest BCUT2D eigenvalue weighted by Crippen LogP contribution is 2.31. The minimum Gasteiger partial charge on any atom is -0.481 e. The number of carboxylic acids is 2. The van der Waals surface area contributed by atoms with Crippen LogP contribution in [0.3, 0.4) is 0 Å². The van der Waals surface area contributed by atoms with Crippen LogP contribution in [0.2, 0.25) is 0 Å². The summed E-state index contributed by atoms with van der Waals surface area (Å²) in [6.07, 6.45) is 8.13. The molecule has 2 aliphatic rings. The Labute approximate surface area is 166 Å². The largest absolute Gasteiger partial charge is 0.481 e. The fourth-order valence-corrected chi connectivity index (χ4v) is 2.99. The number of carboxylic acid groups (broad SMARTS) is 2. The van der Waals surface area contributed by atoms with E-state index in [4.69, 9.17) is 10.2 Å². The zero-order valence-electron chi connectivity index (χ0n) is 15.6. The van der Waals surface area contributed by atoms with Crippen LogP contribution < -0.4 is 5.01 Å². The van der Waals surface area contributed by atoms with Crippen LogP contribution in [0.25, 0.3) is 10.9 Å². The molecular formula is C21H19N3O5. The van der Waals surface area contributed by atoms with E-state index in [2.05, 4.69) is 10.1 Å². The number of carbonyl (C=O) groups excluding carboxylic acids is 1. The summed E-state index contributed by atoms with van der Waals surface area (Å²) in [5.74, 6) is -2.08. The van der Waals surface area contributed by atoms with Gasteiger partial charge in [0.2, 0.25) is 0 Å². The number of rotatable bonds is 3. The third-order valence-electron chi connectivity index (χ3n) is 4.62. The molecule has 0 spiro atoms. The van der Waals surface area contributed by atoms with Gasteiger partial charge in [0.15, 0.2) is 0 Å². The van der Waals surface area contributed by atoms with E-state index in [1.54, 1.807) is 12.4 Å². The van der Waals surface area contributed by atoms with Gasteiger partial charge < -0.3 is 10.2 Å². The fourth-order valence-electron chi connectivity index (χ4n) is 2.99. The average molecular weight is 393 g/mol. The van der Waals surface area contributed by atoms with Crippen LogP contribution in [0.1, 0.15) is 19.8 Å². The number of amides is 1. The molecule has 148 valence electrons. The number of carbonyl (C=O) groups is 3. The van der Waals surface area contributed by atoms with E-state index < -0.39 is 17.4 Å². The van der Waals surface area contributed by atoms with Crippen LogP contribution in [0, 0.1) is 5.41 Å². The number of nitrogens with zero attached hydrogens (tertiary/aromatic N) is 3. The zero-order valence-corrected chi connectivity index (χ0v) is 15.6. The first kappa shape index (κ1) is 19.9. The molecule has 1 aromatic carbocycles. The molecule has 1 amide bonds. The number of hydrogen-bond acceptors (Lipinski definition) is 5. The fraction of sp³-hybridized carbons (Fsp3) is 0.190. The lowest BCUT2D eigenvalue weighted by atomic mass is 9.80. The maximum absolute atomic E-state index is 11.6. The maximum Gasteiger partial charge on any atom is 0.331 e. The molecule has 1 aliphatic heterocycles. The van der Waals surface area contributed by atoms with Crippen LogP contribution >= 0.6 is 0 Å². The van der Waals surface area contributed by atoms with Crippen molar-refractivity contribution in [2.45, 2.75) is 19.8 Å². The van der Waals surface area contributed by atoms with E-state index in [1.165, 1.54) is 30.2 Å². The predicted molar refractivity (Wildman–Crippen MR) is 108 cm³/mol. The van der Waals surface area contributed by atoms with Crippen molar-refractivity contribution >= 4 is 40.7 Å². The molecule has 0 saturated heterocycles. The van der Waals surface area contributed by atoms with Gasteiger partial charge in [-0.25, -0.2) is 4.79 Å². The summed E-state index contributed by atoms with van der Waals surface area (Å²) < 4.78 is 0. The monoisotopic (exact) mass is 393 g/mol. The number of aromatic nitrogens is 1. The number of para-hydroxylation sites is 1. The van der Waals surface area contributed by atoms with E-state index in [9.17, 15) is 14.4 Å². The summed E-state index contributed by atoms with van der Waals surface area (Å²) in [5.41, 5.74) is 0.601. The maximum atomic E-state index is 11.6. The molecule has 2 aromatic rings. The highest BCUT2D eigenvalue weighted by atomic mass is 16.4. The Hall–Kier alpha value is -3.81. The standard InChI is InChI=1S/C12H9N3O.C9H10O4/c16-11-6-8-14-15(11)10-5-1-3-9-4-2-7-13-12(9)10;1-9(8(12)13)4-2-3-6(5-9)7(10)11/h1-5,7-8H,6H2;2-4H,5H2,1H3,(H,10,11)(H,12,13). The summed E-state index contributed by atoms with van der Waals surface area (Å²) in [6, 6.07) is 9.57. The van der Waals surface area contributed by atoms with E-state index in [-0.39, 0.29) is 17.9 Å². The molecule has 1 aliphatic carbocycles. The van der Waals surface area contributed by atoms with E-state index in [0.29, 0.717) is 6.42 Å². The molecule has 2 N–H and O–H groups in total. The summed E-state index contributed by atoms with van der Waals surface area (Å²) in [7, 11) is 0. The van der Waals surface area contributed by atoms with Gasteiger partial charge in [-0.1, -0.05) is 36.4 Å².